The van der Waals surface area contributed by atoms with E-state index in [9.17, 15) is 18.0 Å². The van der Waals surface area contributed by atoms with Crippen molar-refractivity contribution in [3.05, 3.63) is 23.9 Å². The minimum Gasteiger partial charge on any atom is -0.467 e. The molecule has 5 nitrogen and oxygen atoms in total. The number of alkyl halides is 3. The average Bonchev–Trinajstić information content (AvgIpc) is 2.53. The second-order valence-corrected chi connectivity index (χ2v) is 6.14. The number of nitrogens with one attached hydrogen (secondary N) is 1. The van der Waals surface area contributed by atoms with Gasteiger partial charge in [-0.25, -0.2) is 4.98 Å². The summed E-state index contributed by atoms with van der Waals surface area (Å²) in [6.07, 6.45) is -1.57. The summed E-state index contributed by atoms with van der Waals surface area (Å²) in [5.74, 6) is -0.754. The van der Waals surface area contributed by atoms with E-state index in [1.165, 1.54) is 18.3 Å². The van der Waals surface area contributed by atoms with Crippen LogP contribution in [-0.4, -0.2) is 53.7 Å². The van der Waals surface area contributed by atoms with Crippen LogP contribution in [0.5, 0.6) is 5.88 Å². The summed E-state index contributed by atoms with van der Waals surface area (Å²) in [5, 5.41) is 2.87. The van der Waals surface area contributed by atoms with Crippen LogP contribution in [-0.2, 0) is 0 Å². The third-order valence-corrected chi connectivity index (χ3v) is 3.98. The topological polar surface area (TPSA) is 54.5 Å². The van der Waals surface area contributed by atoms with Crippen LogP contribution in [0.1, 0.15) is 37.0 Å². The number of hydrogen-bond donors (Lipinski definition) is 1. The first-order chi connectivity index (χ1) is 11.3. The molecule has 1 aliphatic rings. The maximum atomic E-state index is 12.3. The van der Waals surface area contributed by atoms with E-state index in [4.69, 9.17) is 0 Å². The molecule has 1 N–H and O–H groups in total. The van der Waals surface area contributed by atoms with Crippen molar-refractivity contribution in [2.45, 2.75) is 44.9 Å². The Bertz CT molecular complexity index is 556. The Labute approximate surface area is 139 Å². The molecule has 1 aromatic rings. The maximum absolute atomic E-state index is 12.3. The smallest absolute Gasteiger partial charge is 0.422 e. The highest BCUT2D eigenvalue weighted by atomic mass is 19.4. The molecule has 2 rings (SSSR count). The number of ether oxygens (including phenoxy) is 1. The summed E-state index contributed by atoms with van der Waals surface area (Å²) in [6, 6.07) is 3.37. The monoisotopic (exact) mass is 345 g/mol. The molecule has 0 spiro atoms. The van der Waals surface area contributed by atoms with E-state index in [-0.39, 0.29) is 17.5 Å². The predicted molar refractivity (Wildman–Crippen MR) is 83.0 cm³/mol. The minimum atomic E-state index is -4.48. The number of carbonyl (C=O) groups is 1. The van der Waals surface area contributed by atoms with Gasteiger partial charge in [0, 0.05) is 31.4 Å². The molecule has 2 heterocycles. The van der Waals surface area contributed by atoms with E-state index in [1.54, 1.807) is 0 Å². The number of nitrogens with zero attached hydrogens (tertiary/aromatic N) is 2. The Balaban J connectivity index is 1.95. The van der Waals surface area contributed by atoms with Gasteiger partial charge in [-0.1, -0.05) is 0 Å². The van der Waals surface area contributed by atoms with Crippen LogP contribution in [0.3, 0.4) is 0 Å². The molecule has 0 atom stereocenters. The molecule has 0 aliphatic carbocycles. The summed E-state index contributed by atoms with van der Waals surface area (Å²) in [4.78, 5) is 18.4. The molecule has 0 radical (unpaired) electrons. The van der Waals surface area contributed by atoms with Crippen LogP contribution >= 0.6 is 0 Å². The fraction of sp³-hybridized carbons (Fsp3) is 0.625. The number of piperidine rings is 1. The molecule has 1 saturated heterocycles. The largest absolute Gasteiger partial charge is 0.467 e. The van der Waals surface area contributed by atoms with Crippen molar-refractivity contribution in [3.63, 3.8) is 0 Å². The number of pyridine rings is 1. The highest BCUT2D eigenvalue weighted by Gasteiger charge is 2.30. The molecule has 8 heteroatoms. The summed E-state index contributed by atoms with van der Waals surface area (Å²) in [6.45, 7) is 4.54. The molecule has 1 aliphatic heterocycles. The standard InChI is InChI=1S/C16H22F3N3O2/c1-11(2)22-8-5-12(6-9-22)21-14(23)13-4-3-7-20-15(13)24-10-16(17,18)19/h3-4,7,11-12H,5-6,8-10H2,1-2H3,(H,21,23). The maximum Gasteiger partial charge on any atom is 0.422 e. The summed E-state index contributed by atoms with van der Waals surface area (Å²) < 4.78 is 41.5. The third-order valence-electron chi connectivity index (χ3n) is 3.98. The number of rotatable bonds is 5. The minimum absolute atomic E-state index is 0.00294. The molecule has 1 fully saturated rings. The van der Waals surface area contributed by atoms with E-state index in [2.05, 4.69) is 33.8 Å². The van der Waals surface area contributed by atoms with Crippen molar-refractivity contribution in [2.24, 2.45) is 0 Å². The molecule has 1 aromatic heterocycles. The number of hydrogen-bond acceptors (Lipinski definition) is 4. The molecule has 0 aromatic carbocycles. The van der Waals surface area contributed by atoms with Gasteiger partial charge in [-0.3, -0.25) is 4.79 Å². The Morgan fingerprint density at radius 1 is 1.42 bits per heavy atom. The van der Waals surface area contributed by atoms with Gasteiger partial charge in [0.1, 0.15) is 5.56 Å². The third kappa shape index (κ3) is 5.36. The van der Waals surface area contributed by atoms with Crippen LogP contribution in [0.15, 0.2) is 18.3 Å². The van der Waals surface area contributed by atoms with E-state index in [0.29, 0.717) is 6.04 Å². The predicted octanol–water partition coefficient (Wildman–Crippen LogP) is 2.63. The Kier molecular flexibility index (Phi) is 6.04. The van der Waals surface area contributed by atoms with Gasteiger partial charge >= 0.3 is 6.18 Å². The number of carbonyl (C=O) groups excluding carboxylic acids is 1. The lowest BCUT2D eigenvalue weighted by Gasteiger charge is -2.34. The van der Waals surface area contributed by atoms with Crippen molar-refractivity contribution >= 4 is 5.91 Å². The highest BCUT2D eigenvalue weighted by Crippen LogP contribution is 2.21. The van der Waals surface area contributed by atoms with Gasteiger partial charge in [-0.05, 0) is 38.8 Å². The normalized spacial score (nSPS) is 17.1. The molecule has 134 valence electrons. The van der Waals surface area contributed by atoms with Crippen LogP contribution in [0.4, 0.5) is 13.2 Å². The van der Waals surface area contributed by atoms with Crippen LogP contribution in [0.2, 0.25) is 0 Å². The van der Waals surface area contributed by atoms with E-state index in [1.807, 2.05) is 0 Å². The quantitative estimate of drug-likeness (QED) is 0.891. The molecule has 0 saturated carbocycles. The molecular formula is C16H22F3N3O2. The van der Waals surface area contributed by atoms with E-state index < -0.39 is 18.7 Å². The van der Waals surface area contributed by atoms with Gasteiger partial charge in [0.15, 0.2) is 6.61 Å². The zero-order valence-corrected chi connectivity index (χ0v) is 13.8. The van der Waals surface area contributed by atoms with E-state index >= 15 is 0 Å². The first-order valence-electron chi connectivity index (χ1n) is 7.96. The highest BCUT2D eigenvalue weighted by molar-refractivity contribution is 5.96. The number of aromatic nitrogens is 1. The van der Waals surface area contributed by atoms with Crippen LogP contribution in [0.25, 0.3) is 0 Å². The molecular weight excluding hydrogens is 323 g/mol. The lowest BCUT2D eigenvalue weighted by molar-refractivity contribution is -0.154. The summed E-state index contributed by atoms with van der Waals surface area (Å²) in [5.41, 5.74) is 0.0213. The second kappa shape index (κ2) is 7.83. The zero-order chi connectivity index (χ0) is 17.7. The molecule has 24 heavy (non-hydrogen) atoms. The lowest BCUT2D eigenvalue weighted by atomic mass is 10.0. The Morgan fingerprint density at radius 2 is 2.08 bits per heavy atom. The van der Waals surface area contributed by atoms with Crippen LogP contribution < -0.4 is 10.1 Å². The van der Waals surface area contributed by atoms with Crippen molar-refractivity contribution < 1.29 is 22.7 Å². The number of likely N-dealkylation sites (tertiary alicyclic amines) is 1. The fourth-order valence-corrected chi connectivity index (χ4v) is 2.65. The van der Waals surface area contributed by atoms with Gasteiger partial charge < -0.3 is 15.0 Å². The van der Waals surface area contributed by atoms with Gasteiger partial charge in [0.05, 0.1) is 0 Å². The summed E-state index contributed by atoms with van der Waals surface area (Å²) >= 11 is 0. The fourth-order valence-electron chi connectivity index (χ4n) is 2.65. The van der Waals surface area contributed by atoms with Gasteiger partial charge in [0.2, 0.25) is 5.88 Å². The number of amides is 1. The Hall–Kier alpha value is -1.83. The SMILES string of the molecule is CC(C)N1CCC(NC(=O)c2cccnc2OCC(F)(F)F)CC1. The molecule has 0 unspecified atom stereocenters. The summed E-state index contributed by atoms with van der Waals surface area (Å²) in [7, 11) is 0. The first kappa shape index (κ1) is 18.5. The zero-order valence-electron chi connectivity index (χ0n) is 13.8. The lowest BCUT2D eigenvalue weighted by Crippen LogP contribution is -2.46. The van der Waals surface area contributed by atoms with Crippen molar-refractivity contribution in [1.82, 2.24) is 15.2 Å². The number of halogens is 3. The van der Waals surface area contributed by atoms with Crippen molar-refractivity contribution in [1.29, 1.82) is 0 Å². The van der Waals surface area contributed by atoms with Gasteiger partial charge in [0.25, 0.3) is 5.91 Å². The molecule has 1 amide bonds. The second-order valence-electron chi connectivity index (χ2n) is 6.14. The van der Waals surface area contributed by atoms with Crippen molar-refractivity contribution in [2.75, 3.05) is 19.7 Å². The average molecular weight is 345 g/mol. The van der Waals surface area contributed by atoms with E-state index in [0.717, 1.165) is 25.9 Å². The van der Waals surface area contributed by atoms with Gasteiger partial charge in [-0.2, -0.15) is 13.2 Å². The van der Waals surface area contributed by atoms with Crippen LogP contribution in [0, 0.1) is 0 Å². The first-order valence-corrected chi connectivity index (χ1v) is 7.96. The van der Waals surface area contributed by atoms with Gasteiger partial charge in [-0.15, -0.1) is 0 Å². The van der Waals surface area contributed by atoms with Crippen molar-refractivity contribution in [3.8, 4) is 5.88 Å². The molecule has 0 bridgehead atoms. The Morgan fingerprint density at radius 3 is 2.67 bits per heavy atom.